The zero-order valence-electron chi connectivity index (χ0n) is 3.87. The summed E-state index contributed by atoms with van der Waals surface area (Å²) >= 11 is 0. The molecular weight excluding hydrogens is 114 g/mol. The van der Waals surface area contributed by atoms with Gasteiger partial charge in [-0.25, -0.2) is 4.79 Å². The van der Waals surface area contributed by atoms with Gasteiger partial charge in [-0.3, -0.25) is 4.79 Å². The summed E-state index contributed by atoms with van der Waals surface area (Å²) in [5.41, 5.74) is 4.37. The molecular formula is C3H5NO4. The van der Waals surface area contributed by atoms with Gasteiger partial charge in [0.25, 0.3) is 5.91 Å². The largest absolute Gasteiger partial charge is 0.479 e. The van der Waals surface area contributed by atoms with E-state index in [1.54, 1.807) is 0 Å². The number of nitrogens with two attached hydrogens (primary N) is 1. The second-order valence-electron chi connectivity index (χ2n) is 1.14. The van der Waals surface area contributed by atoms with E-state index in [9.17, 15) is 9.59 Å². The maximum Gasteiger partial charge on any atom is 0.342 e. The van der Waals surface area contributed by atoms with Crippen molar-refractivity contribution in [1.29, 1.82) is 0 Å². The summed E-state index contributed by atoms with van der Waals surface area (Å²) in [4.78, 5) is 19.3. The number of amides is 1. The molecule has 0 aliphatic carbocycles. The Morgan fingerprint density at radius 3 is 1.88 bits per heavy atom. The number of hydrogen-bond acceptors (Lipinski definition) is 3. The van der Waals surface area contributed by atoms with Crippen molar-refractivity contribution in [2.24, 2.45) is 5.73 Å². The fourth-order valence-electron chi connectivity index (χ4n) is 0.122. The molecule has 4 N–H and O–H groups in total. The Labute approximate surface area is 44.7 Å². The summed E-state index contributed by atoms with van der Waals surface area (Å²) in [6.45, 7) is 0. The molecule has 0 aromatic carbocycles. The zero-order chi connectivity index (χ0) is 6.73. The minimum Gasteiger partial charge on any atom is -0.479 e. The lowest BCUT2D eigenvalue weighted by atomic mass is 10.3. The highest BCUT2D eigenvalue weighted by atomic mass is 16.4. The number of carbonyl (C=O) groups is 2. The average molecular weight is 119 g/mol. The highest BCUT2D eigenvalue weighted by Crippen LogP contribution is 1.76. The monoisotopic (exact) mass is 119 g/mol. The van der Waals surface area contributed by atoms with Crippen molar-refractivity contribution in [3.05, 3.63) is 0 Å². The topological polar surface area (TPSA) is 101 Å². The Kier molecular flexibility index (Phi) is 1.96. The fourth-order valence-corrected chi connectivity index (χ4v) is 0.122. The summed E-state index contributed by atoms with van der Waals surface area (Å²) in [6, 6.07) is 0. The molecule has 0 spiro atoms. The Bertz CT molecular complexity index is 106. The highest BCUT2D eigenvalue weighted by Gasteiger charge is 2.18. The smallest absolute Gasteiger partial charge is 0.342 e. The van der Waals surface area contributed by atoms with E-state index >= 15 is 0 Å². The number of carboxylic acids is 1. The summed E-state index contributed by atoms with van der Waals surface area (Å²) in [7, 11) is 0. The molecule has 0 fully saturated rings. The number of hydrogen-bond donors (Lipinski definition) is 3. The van der Waals surface area contributed by atoms with Crippen LogP contribution in [0, 0.1) is 0 Å². The molecule has 0 aromatic rings. The van der Waals surface area contributed by atoms with Crippen LogP contribution in [0.3, 0.4) is 0 Å². The van der Waals surface area contributed by atoms with Crippen molar-refractivity contribution < 1.29 is 19.8 Å². The first kappa shape index (κ1) is 6.90. The number of aliphatic hydroxyl groups is 1. The van der Waals surface area contributed by atoms with Gasteiger partial charge in [-0.05, 0) is 0 Å². The molecule has 8 heavy (non-hydrogen) atoms. The summed E-state index contributed by atoms with van der Waals surface area (Å²) in [6.07, 6.45) is -2.07. The first-order valence-corrected chi connectivity index (χ1v) is 1.76. The Balaban J connectivity index is 3.83. The highest BCUT2D eigenvalue weighted by molar-refractivity contribution is 5.98. The van der Waals surface area contributed by atoms with Crippen molar-refractivity contribution in [3.8, 4) is 0 Å². The SMILES string of the molecule is NC(=O)C(O)C(=O)O. The van der Waals surface area contributed by atoms with Gasteiger partial charge in [-0.15, -0.1) is 0 Å². The van der Waals surface area contributed by atoms with Crippen LogP contribution < -0.4 is 5.73 Å². The van der Waals surface area contributed by atoms with Crippen LogP contribution in [0.5, 0.6) is 0 Å². The van der Waals surface area contributed by atoms with E-state index in [0.29, 0.717) is 0 Å². The standard InChI is InChI=1S/C3H5NO4/c4-2(6)1(5)3(7)8/h1,5H,(H2,4,6)(H,7,8). The van der Waals surface area contributed by atoms with Crippen molar-refractivity contribution in [2.75, 3.05) is 0 Å². The maximum absolute atomic E-state index is 9.73. The number of carboxylic acid groups (broad SMARTS) is 1. The molecule has 5 nitrogen and oxygen atoms in total. The molecule has 0 aromatic heterocycles. The summed E-state index contributed by atoms with van der Waals surface area (Å²) in [5.74, 6) is -2.88. The fraction of sp³-hybridized carbons (Fsp3) is 0.333. The van der Waals surface area contributed by atoms with E-state index in [-0.39, 0.29) is 0 Å². The van der Waals surface area contributed by atoms with E-state index in [4.69, 9.17) is 10.2 Å². The molecule has 1 atom stereocenters. The second kappa shape index (κ2) is 2.27. The van der Waals surface area contributed by atoms with Crippen molar-refractivity contribution >= 4 is 11.9 Å². The lowest BCUT2D eigenvalue weighted by Crippen LogP contribution is -2.35. The number of aliphatic hydroxyl groups excluding tert-OH is 1. The van der Waals surface area contributed by atoms with E-state index < -0.39 is 18.0 Å². The molecule has 0 aliphatic heterocycles. The first-order chi connectivity index (χ1) is 3.55. The van der Waals surface area contributed by atoms with Crippen molar-refractivity contribution in [3.63, 3.8) is 0 Å². The molecule has 1 unspecified atom stereocenters. The van der Waals surface area contributed by atoms with Crippen LogP contribution in [0.15, 0.2) is 0 Å². The van der Waals surface area contributed by atoms with Gasteiger partial charge in [0.2, 0.25) is 6.10 Å². The quantitative estimate of drug-likeness (QED) is 0.363. The molecule has 46 valence electrons. The van der Waals surface area contributed by atoms with Gasteiger partial charge < -0.3 is 15.9 Å². The third kappa shape index (κ3) is 1.57. The molecule has 0 aliphatic rings. The van der Waals surface area contributed by atoms with Crippen LogP contribution in [0.25, 0.3) is 0 Å². The van der Waals surface area contributed by atoms with E-state index in [2.05, 4.69) is 5.73 Å². The summed E-state index contributed by atoms with van der Waals surface area (Å²) in [5, 5.41) is 15.9. The Morgan fingerprint density at radius 2 is 1.88 bits per heavy atom. The van der Waals surface area contributed by atoms with Crippen molar-refractivity contribution in [1.82, 2.24) is 0 Å². The van der Waals surface area contributed by atoms with E-state index in [0.717, 1.165) is 0 Å². The Morgan fingerprint density at radius 1 is 1.50 bits per heavy atom. The van der Waals surface area contributed by atoms with Crippen molar-refractivity contribution in [2.45, 2.75) is 6.10 Å². The van der Waals surface area contributed by atoms with Gasteiger partial charge >= 0.3 is 5.97 Å². The number of rotatable bonds is 2. The number of primary amides is 1. The first-order valence-electron chi connectivity index (χ1n) is 1.76. The maximum atomic E-state index is 9.73. The van der Waals surface area contributed by atoms with E-state index in [1.807, 2.05) is 0 Å². The van der Waals surface area contributed by atoms with Gasteiger partial charge in [-0.1, -0.05) is 0 Å². The third-order valence-electron chi connectivity index (χ3n) is 0.503. The third-order valence-corrected chi connectivity index (χ3v) is 0.503. The van der Waals surface area contributed by atoms with Crippen LogP contribution in [-0.4, -0.2) is 28.2 Å². The number of carbonyl (C=O) groups excluding carboxylic acids is 1. The minimum absolute atomic E-state index is 1.25. The second-order valence-corrected chi connectivity index (χ2v) is 1.14. The van der Waals surface area contributed by atoms with Gasteiger partial charge in [0.1, 0.15) is 0 Å². The molecule has 5 heteroatoms. The van der Waals surface area contributed by atoms with Crippen LogP contribution in [0.4, 0.5) is 0 Å². The van der Waals surface area contributed by atoms with Gasteiger partial charge in [-0.2, -0.15) is 0 Å². The van der Waals surface area contributed by atoms with Crippen LogP contribution in [-0.2, 0) is 9.59 Å². The molecule has 0 rings (SSSR count). The minimum atomic E-state index is -2.07. The van der Waals surface area contributed by atoms with Crippen LogP contribution in [0.2, 0.25) is 0 Å². The average Bonchev–Trinajstić information content (AvgIpc) is 1.64. The molecule has 1 amide bonds. The lowest BCUT2D eigenvalue weighted by Gasteiger charge is -1.95. The van der Waals surface area contributed by atoms with Crippen LogP contribution >= 0.6 is 0 Å². The molecule has 0 saturated carbocycles. The van der Waals surface area contributed by atoms with Gasteiger partial charge in [0.15, 0.2) is 0 Å². The van der Waals surface area contributed by atoms with E-state index in [1.165, 1.54) is 0 Å². The zero-order valence-corrected chi connectivity index (χ0v) is 3.87. The molecule has 0 saturated heterocycles. The molecule has 0 bridgehead atoms. The summed E-state index contributed by atoms with van der Waals surface area (Å²) < 4.78 is 0. The Hall–Kier alpha value is -1.10. The van der Waals surface area contributed by atoms with Crippen LogP contribution in [0.1, 0.15) is 0 Å². The predicted octanol–water partition coefficient (Wildman–Crippen LogP) is -2.08. The molecule has 0 radical (unpaired) electrons. The number of aliphatic carboxylic acids is 1. The van der Waals surface area contributed by atoms with Gasteiger partial charge in [0.05, 0.1) is 0 Å². The van der Waals surface area contributed by atoms with Gasteiger partial charge in [0, 0.05) is 0 Å². The molecule has 0 heterocycles. The predicted molar refractivity (Wildman–Crippen MR) is 22.8 cm³/mol. The normalized spacial score (nSPS) is 12.6. The lowest BCUT2D eigenvalue weighted by molar-refractivity contribution is -0.151.